The first-order chi connectivity index (χ1) is 3.30. The van der Waals surface area contributed by atoms with E-state index in [9.17, 15) is 4.79 Å². The van der Waals surface area contributed by atoms with Crippen molar-refractivity contribution in [3.05, 3.63) is 0 Å². The van der Waals surface area contributed by atoms with Crippen molar-refractivity contribution in [2.24, 2.45) is 0 Å². The Kier molecular flexibility index (Phi) is 1.38. The average Bonchev–Trinajstić information content (AvgIpc) is 1.23. The topological polar surface area (TPSA) is 17.1 Å². The Morgan fingerprint density at radius 3 is 2.43 bits per heavy atom. The Labute approximate surface area is 47.5 Å². The summed E-state index contributed by atoms with van der Waals surface area (Å²) in [5.41, 5.74) is 0. The van der Waals surface area contributed by atoms with Gasteiger partial charge in [-0.15, -0.1) is 0 Å². The predicted molar refractivity (Wildman–Crippen MR) is 31.5 cm³/mol. The molecule has 1 unspecified atom stereocenters. The van der Waals surface area contributed by atoms with Crippen LogP contribution in [-0.2, 0) is 4.79 Å². The molecule has 0 aromatic rings. The Hall–Kier alpha value is 0.0200. The van der Waals surface area contributed by atoms with E-state index >= 15 is 0 Å². The number of carbonyl (C=O) groups excluding carboxylic acids is 1. The number of ketones is 1. The van der Waals surface area contributed by atoms with Gasteiger partial charge < -0.3 is 0 Å². The zero-order valence-electron chi connectivity index (χ0n) is 4.31. The molecule has 0 amide bonds. The first-order valence-corrected chi connectivity index (χ1v) is 3.47. The zero-order valence-corrected chi connectivity index (χ0v) is 5.12. The van der Waals surface area contributed by atoms with Gasteiger partial charge in [-0.1, -0.05) is 0 Å². The summed E-state index contributed by atoms with van der Waals surface area (Å²) in [6.07, 6.45) is 1.11. The lowest BCUT2D eigenvalue weighted by Crippen LogP contribution is -2.22. The van der Waals surface area contributed by atoms with Crippen LogP contribution in [0.2, 0.25) is 0 Å². The molecular weight excluding hydrogens is 108 g/mol. The van der Waals surface area contributed by atoms with Crippen molar-refractivity contribution in [3.63, 3.8) is 0 Å². The van der Waals surface area contributed by atoms with Crippen LogP contribution in [0, 0.1) is 0 Å². The molecule has 0 saturated carbocycles. The predicted octanol–water partition coefficient (Wildman–Crippen LogP) is 1.08. The Morgan fingerprint density at radius 2 is 2.43 bits per heavy atom. The van der Waals surface area contributed by atoms with Gasteiger partial charge in [0, 0.05) is 0 Å². The maximum absolute atomic E-state index is 10.4. The van der Waals surface area contributed by atoms with Crippen LogP contribution in [0.15, 0.2) is 0 Å². The van der Waals surface area contributed by atoms with Gasteiger partial charge in [-0.2, -0.15) is 11.8 Å². The molecule has 0 aromatic carbocycles. The molecule has 1 aliphatic heterocycles. The van der Waals surface area contributed by atoms with E-state index in [1.807, 2.05) is 0 Å². The van der Waals surface area contributed by atoms with Gasteiger partial charge in [0.1, 0.15) is 5.78 Å². The second kappa shape index (κ2) is 1.86. The maximum Gasteiger partial charge on any atom is 0.142 e. The quantitative estimate of drug-likeness (QED) is 0.510. The van der Waals surface area contributed by atoms with Gasteiger partial charge in [-0.05, 0) is 19.1 Å². The molecule has 1 aliphatic rings. The van der Waals surface area contributed by atoms with E-state index in [1.54, 1.807) is 18.7 Å². The summed E-state index contributed by atoms with van der Waals surface area (Å²) in [4.78, 5) is 10.4. The molecule has 2 heteroatoms. The average molecular weight is 116 g/mol. The van der Waals surface area contributed by atoms with Gasteiger partial charge in [-0.3, -0.25) is 4.79 Å². The van der Waals surface area contributed by atoms with Gasteiger partial charge in [0.05, 0.1) is 5.25 Å². The van der Waals surface area contributed by atoms with Crippen LogP contribution in [0.25, 0.3) is 0 Å². The Balaban J connectivity index is 2.27. The minimum Gasteiger partial charge on any atom is -0.299 e. The van der Waals surface area contributed by atoms with Crippen LogP contribution >= 0.6 is 11.8 Å². The summed E-state index contributed by atoms with van der Waals surface area (Å²) in [7, 11) is 0. The molecular formula is C5H8OS. The lowest BCUT2D eigenvalue weighted by atomic mass is 10.2. The molecule has 0 aliphatic carbocycles. The summed E-state index contributed by atoms with van der Waals surface area (Å²) in [5, 5.41) is 0.361. The molecule has 0 spiro atoms. The molecule has 1 heterocycles. The molecule has 0 N–H and O–H groups in total. The number of thioether (sulfide) groups is 1. The monoisotopic (exact) mass is 116 g/mol. The van der Waals surface area contributed by atoms with Crippen LogP contribution in [0.4, 0.5) is 0 Å². The summed E-state index contributed by atoms with van der Waals surface area (Å²) in [6, 6.07) is 0. The third-order valence-corrected chi connectivity index (χ3v) is 2.59. The highest BCUT2D eigenvalue weighted by Gasteiger charge is 2.21. The molecule has 0 radical (unpaired) electrons. The first-order valence-electron chi connectivity index (χ1n) is 2.43. The number of carbonyl (C=O) groups is 1. The van der Waals surface area contributed by atoms with Gasteiger partial charge in [0.2, 0.25) is 0 Å². The van der Waals surface area contributed by atoms with Gasteiger partial charge in [0.15, 0.2) is 0 Å². The lowest BCUT2D eigenvalue weighted by molar-refractivity contribution is -0.116. The fourth-order valence-corrected chi connectivity index (χ4v) is 1.26. The summed E-state index contributed by atoms with van der Waals surface area (Å²) < 4.78 is 0. The molecule has 0 bridgehead atoms. The van der Waals surface area contributed by atoms with E-state index in [4.69, 9.17) is 0 Å². The van der Waals surface area contributed by atoms with E-state index < -0.39 is 0 Å². The maximum atomic E-state index is 10.4. The second-order valence-corrected chi connectivity index (χ2v) is 3.07. The molecule has 1 fully saturated rings. The lowest BCUT2D eigenvalue weighted by Gasteiger charge is -2.20. The van der Waals surface area contributed by atoms with Crippen LogP contribution in [0.3, 0.4) is 0 Å². The zero-order chi connectivity index (χ0) is 5.28. The summed E-state index contributed by atoms with van der Waals surface area (Å²) in [5.74, 6) is 1.53. The standard InChI is InChI=1S/C5H8OS/c1-4(6)5-2-3-7-5/h5H,2-3H2,1H3. The first kappa shape index (κ1) is 5.16. The van der Waals surface area contributed by atoms with E-state index in [-0.39, 0.29) is 0 Å². The molecule has 40 valence electrons. The van der Waals surface area contributed by atoms with E-state index in [0.717, 1.165) is 6.42 Å². The number of rotatable bonds is 1. The van der Waals surface area contributed by atoms with E-state index in [0.29, 0.717) is 11.0 Å². The van der Waals surface area contributed by atoms with Crippen molar-refractivity contribution in [1.82, 2.24) is 0 Å². The smallest absolute Gasteiger partial charge is 0.142 e. The molecule has 1 atom stereocenters. The molecule has 0 aromatic heterocycles. The molecule has 1 nitrogen and oxygen atoms in total. The van der Waals surface area contributed by atoms with Crippen molar-refractivity contribution >= 4 is 17.5 Å². The van der Waals surface area contributed by atoms with Crippen LogP contribution in [0.5, 0.6) is 0 Å². The fourth-order valence-electron chi connectivity index (χ4n) is 0.556. The molecule has 1 rings (SSSR count). The van der Waals surface area contributed by atoms with E-state index in [1.165, 1.54) is 5.75 Å². The van der Waals surface area contributed by atoms with Crippen molar-refractivity contribution in [3.8, 4) is 0 Å². The summed E-state index contributed by atoms with van der Waals surface area (Å²) in [6.45, 7) is 1.66. The Bertz CT molecular complexity index is 86.1. The van der Waals surface area contributed by atoms with Crippen LogP contribution in [0.1, 0.15) is 13.3 Å². The largest absolute Gasteiger partial charge is 0.299 e. The fraction of sp³-hybridized carbons (Fsp3) is 0.800. The molecule has 1 saturated heterocycles. The highest BCUT2D eigenvalue weighted by atomic mass is 32.2. The SMILES string of the molecule is CC(=O)C1CCS1. The van der Waals surface area contributed by atoms with Crippen LogP contribution < -0.4 is 0 Å². The van der Waals surface area contributed by atoms with Gasteiger partial charge in [-0.25, -0.2) is 0 Å². The van der Waals surface area contributed by atoms with Crippen molar-refractivity contribution in [2.45, 2.75) is 18.6 Å². The van der Waals surface area contributed by atoms with Crippen LogP contribution in [-0.4, -0.2) is 16.8 Å². The number of Topliss-reactive ketones (excluding diaryl/α,β-unsaturated/α-hetero) is 1. The van der Waals surface area contributed by atoms with Gasteiger partial charge >= 0.3 is 0 Å². The number of hydrogen-bond acceptors (Lipinski definition) is 2. The number of hydrogen-bond donors (Lipinski definition) is 0. The normalized spacial score (nSPS) is 29.0. The minimum atomic E-state index is 0.344. The van der Waals surface area contributed by atoms with Gasteiger partial charge in [0.25, 0.3) is 0 Å². The summed E-state index contributed by atoms with van der Waals surface area (Å²) >= 11 is 1.76. The second-order valence-electron chi connectivity index (χ2n) is 1.76. The van der Waals surface area contributed by atoms with Crippen molar-refractivity contribution < 1.29 is 4.79 Å². The third kappa shape index (κ3) is 0.969. The third-order valence-electron chi connectivity index (χ3n) is 1.15. The van der Waals surface area contributed by atoms with Crippen molar-refractivity contribution in [1.29, 1.82) is 0 Å². The van der Waals surface area contributed by atoms with Crippen molar-refractivity contribution in [2.75, 3.05) is 5.75 Å². The minimum absolute atomic E-state index is 0.344. The Morgan fingerprint density at radius 1 is 1.86 bits per heavy atom. The molecule has 7 heavy (non-hydrogen) atoms. The van der Waals surface area contributed by atoms with E-state index in [2.05, 4.69) is 0 Å². The highest BCUT2D eigenvalue weighted by molar-refractivity contribution is 8.01. The highest BCUT2D eigenvalue weighted by Crippen LogP contribution is 2.27.